The lowest BCUT2D eigenvalue weighted by Gasteiger charge is -2.35. The highest BCUT2D eigenvalue weighted by Crippen LogP contribution is 2.60. The second kappa shape index (κ2) is 11.7. The number of benzene rings is 5. The molecule has 51 heavy (non-hydrogen) atoms. The van der Waals surface area contributed by atoms with E-state index in [4.69, 9.17) is 4.98 Å². The number of pyridine rings is 1. The Bertz CT molecular complexity index is 2260. The number of rotatable bonds is 6. The van der Waals surface area contributed by atoms with Gasteiger partial charge in [0.15, 0.2) is 0 Å². The van der Waals surface area contributed by atoms with E-state index in [0.717, 1.165) is 23.5 Å². The second-order valence-corrected chi connectivity index (χ2v) is 15.3. The predicted octanol–water partition coefficient (Wildman–Crippen LogP) is 12.4. The number of para-hydroxylation sites is 4. The first-order valence-corrected chi connectivity index (χ1v) is 18.2. The van der Waals surface area contributed by atoms with Crippen molar-refractivity contribution in [3.63, 3.8) is 0 Å². The van der Waals surface area contributed by atoms with Crippen molar-refractivity contribution >= 4 is 34.0 Å². The van der Waals surface area contributed by atoms with E-state index >= 15 is 0 Å². The van der Waals surface area contributed by atoms with Crippen molar-refractivity contribution < 1.29 is 0 Å². The summed E-state index contributed by atoms with van der Waals surface area (Å²) in [5.41, 5.74) is 17.4. The second-order valence-electron chi connectivity index (χ2n) is 15.3. The molecule has 0 bridgehead atoms. The number of anilines is 5. The molecule has 1 heterocycles. The molecule has 0 saturated carbocycles. The van der Waals surface area contributed by atoms with Crippen molar-refractivity contribution in [3.05, 3.63) is 185 Å². The van der Waals surface area contributed by atoms with E-state index in [1.54, 1.807) is 0 Å². The molecule has 0 amide bonds. The molecule has 0 aliphatic heterocycles. The van der Waals surface area contributed by atoms with Gasteiger partial charge in [0.1, 0.15) is 0 Å². The van der Waals surface area contributed by atoms with Crippen molar-refractivity contribution in [2.45, 2.75) is 57.9 Å². The van der Waals surface area contributed by atoms with Crippen molar-refractivity contribution in [2.75, 3.05) is 9.80 Å². The van der Waals surface area contributed by atoms with E-state index in [9.17, 15) is 0 Å². The van der Waals surface area contributed by atoms with Crippen LogP contribution in [0.5, 0.6) is 0 Å². The fourth-order valence-electron chi connectivity index (χ4n) is 9.15. The monoisotopic (exact) mass is 661 g/mol. The molecule has 3 aliphatic carbocycles. The molecule has 1 aromatic heterocycles. The number of allylic oxidation sites excluding steroid dienone is 2. The lowest BCUT2D eigenvalue weighted by Crippen LogP contribution is -2.31. The Balaban J connectivity index is 1.19. The largest absolute Gasteiger partial charge is 0.334 e. The van der Waals surface area contributed by atoms with Gasteiger partial charge in [0.25, 0.3) is 0 Å². The fraction of sp³-hybridized carbons (Fsp3) is 0.188. The maximum absolute atomic E-state index is 5.37. The van der Waals surface area contributed by atoms with Crippen LogP contribution in [0.1, 0.15) is 61.9 Å². The summed E-state index contributed by atoms with van der Waals surface area (Å²) in [7, 11) is 0. The minimum atomic E-state index is -0.242. The zero-order valence-corrected chi connectivity index (χ0v) is 30.1. The molecule has 0 radical (unpaired) electrons. The Morgan fingerprint density at radius 2 is 1.14 bits per heavy atom. The first kappa shape index (κ1) is 31.3. The standard InChI is InChI=1S/C48H43N3/c1-32-28-38(51(35-22-14-8-15-23-35)36-24-16-9-17-25-36)30-42-43(32)46-45(48(42,4)5)44-40(31-49-46)39-29-37(26-27-41(39)47(44,2)3)50(33-18-10-6-11-19-33)34-20-12-7-13-21-34/h6-25,27-31,37H,26H2,1-5H3. The van der Waals surface area contributed by atoms with Crippen molar-refractivity contribution in [2.24, 2.45) is 0 Å². The van der Waals surface area contributed by atoms with Gasteiger partial charge in [0.2, 0.25) is 0 Å². The maximum Gasteiger partial charge on any atom is 0.0752 e. The molecular formula is C48H43N3. The number of aryl methyl sites for hydroxylation is 1. The molecule has 0 fully saturated rings. The van der Waals surface area contributed by atoms with Gasteiger partial charge in [0.05, 0.1) is 11.7 Å². The highest BCUT2D eigenvalue weighted by atomic mass is 15.2. The normalized spacial score (nSPS) is 17.4. The number of hydrogen-bond acceptors (Lipinski definition) is 3. The molecule has 3 heteroatoms. The summed E-state index contributed by atoms with van der Waals surface area (Å²) in [6, 6.07) is 48.0. The minimum absolute atomic E-state index is 0.153. The zero-order chi connectivity index (χ0) is 34.9. The Morgan fingerprint density at radius 1 is 0.608 bits per heavy atom. The van der Waals surface area contributed by atoms with Gasteiger partial charge in [-0.1, -0.05) is 113 Å². The van der Waals surface area contributed by atoms with Gasteiger partial charge in [-0.3, -0.25) is 4.98 Å². The van der Waals surface area contributed by atoms with E-state index in [2.05, 4.69) is 196 Å². The smallest absolute Gasteiger partial charge is 0.0752 e. The summed E-state index contributed by atoms with van der Waals surface area (Å²) in [6.07, 6.45) is 8.16. The van der Waals surface area contributed by atoms with E-state index in [1.165, 1.54) is 61.6 Å². The lowest BCUT2D eigenvalue weighted by atomic mass is 9.73. The summed E-state index contributed by atoms with van der Waals surface area (Å²) in [6.45, 7) is 11.9. The quantitative estimate of drug-likeness (QED) is 0.177. The zero-order valence-electron chi connectivity index (χ0n) is 30.1. The van der Waals surface area contributed by atoms with E-state index < -0.39 is 0 Å². The minimum Gasteiger partial charge on any atom is -0.334 e. The van der Waals surface area contributed by atoms with Crippen LogP contribution in [-0.4, -0.2) is 11.0 Å². The van der Waals surface area contributed by atoms with E-state index in [0.29, 0.717) is 0 Å². The molecule has 250 valence electrons. The van der Waals surface area contributed by atoms with Crippen molar-refractivity contribution in [3.8, 4) is 11.3 Å². The highest BCUT2D eigenvalue weighted by Gasteiger charge is 2.49. The van der Waals surface area contributed by atoms with Crippen LogP contribution in [-0.2, 0) is 10.8 Å². The number of fused-ring (bicyclic) bond motifs is 7. The van der Waals surface area contributed by atoms with Crippen LogP contribution in [0.3, 0.4) is 0 Å². The molecule has 1 unspecified atom stereocenters. The third-order valence-corrected chi connectivity index (χ3v) is 11.4. The molecular weight excluding hydrogens is 619 g/mol. The van der Waals surface area contributed by atoms with Gasteiger partial charge in [-0.25, -0.2) is 0 Å². The summed E-state index contributed by atoms with van der Waals surface area (Å²) in [4.78, 5) is 10.2. The molecule has 0 N–H and O–H groups in total. The van der Waals surface area contributed by atoms with Gasteiger partial charge >= 0.3 is 0 Å². The average Bonchev–Trinajstić information content (AvgIpc) is 3.53. The first-order chi connectivity index (χ1) is 24.7. The Kier molecular flexibility index (Phi) is 7.19. The number of aromatic nitrogens is 1. The van der Waals surface area contributed by atoms with E-state index in [-0.39, 0.29) is 16.9 Å². The van der Waals surface area contributed by atoms with E-state index in [1.807, 2.05) is 0 Å². The van der Waals surface area contributed by atoms with Crippen molar-refractivity contribution in [1.29, 1.82) is 0 Å². The van der Waals surface area contributed by atoms with Gasteiger partial charge in [-0.15, -0.1) is 0 Å². The van der Waals surface area contributed by atoms with Crippen LogP contribution < -0.4 is 9.80 Å². The summed E-state index contributed by atoms with van der Waals surface area (Å²) < 4.78 is 0. The average molecular weight is 662 g/mol. The molecule has 0 saturated heterocycles. The topological polar surface area (TPSA) is 19.4 Å². The molecule has 1 atom stereocenters. The summed E-state index contributed by atoms with van der Waals surface area (Å²) >= 11 is 0. The van der Waals surface area contributed by atoms with Crippen LogP contribution in [0.25, 0.3) is 16.8 Å². The SMILES string of the molecule is Cc1cc(N(c2ccccc2)c2ccccc2)cc2c1-c1ncc3c(c1C2(C)C)C(C)(C)C1=CCC(N(c2ccccc2)c2ccccc2)C=C13. The van der Waals surface area contributed by atoms with Gasteiger partial charge in [0, 0.05) is 56.6 Å². The number of nitrogens with zero attached hydrogens (tertiary/aromatic N) is 3. The molecule has 3 aliphatic rings. The van der Waals surface area contributed by atoms with Crippen LogP contribution in [0.2, 0.25) is 0 Å². The van der Waals surface area contributed by atoms with Crippen LogP contribution in [0, 0.1) is 6.92 Å². The lowest BCUT2D eigenvalue weighted by molar-refractivity contribution is 0.595. The highest BCUT2D eigenvalue weighted by molar-refractivity contribution is 5.96. The van der Waals surface area contributed by atoms with Crippen molar-refractivity contribution in [1.82, 2.24) is 4.98 Å². The van der Waals surface area contributed by atoms with Gasteiger partial charge in [-0.05, 0) is 107 Å². The molecule has 9 rings (SSSR count). The van der Waals surface area contributed by atoms with Gasteiger partial charge < -0.3 is 9.80 Å². The molecule has 3 nitrogen and oxygen atoms in total. The molecule has 6 aromatic rings. The Morgan fingerprint density at radius 3 is 1.69 bits per heavy atom. The molecule has 0 spiro atoms. The Hall–Kier alpha value is -5.67. The maximum atomic E-state index is 5.37. The van der Waals surface area contributed by atoms with Crippen LogP contribution in [0.15, 0.2) is 157 Å². The summed E-state index contributed by atoms with van der Waals surface area (Å²) in [5.74, 6) is 0. The number of hydrogen-bond donors (Lipinski definition) is 0. The third kappa shape index (κ3) is 4.82. The van der Waals surface area contributed by atoms with Crippen LogP contribution >= 0.6 is 0 Å². The Labute approximate surface area is 302 Å². The summed E-state index contributed by atoms with van der Waals surface area (Å²) in [5, 5.41) is 0. The third-order valence-electron chi connectivity index (χ3n) is 11.4. The molecule has 5 aromatic carbocycles. The van der Waals surface area contributed by atoms with Crippen LogP contribution in [0.4, 0.5) is 28.4 Å². The fourth-order valence-corrected chi connectivity index (χ4v) is 9.15. The first-order valence-electron chi connectivity index (χ1n) is 18.2. The van der Waals surface area contributed by atoms with Gasteiger partial charge in [-0.2, -0.15) is 0 Å². The predicted molar refractivity (Wildman–Crippen MR) is 214 cm³/mol.